The van der Waals surface area contributed by atoms with Crippen LogP contribution in [0, 0.1) is 0 Å². The van der Waals surface area contributed by atoms with Crippen LogP contribution in [0.5, 0.6) is 5.75 Å². The van der Waals surface area contributed by atoms with Gasteiger partial charge in [-0.3, -0.25) is 4.79 Å². The Hall–Kier alpha value is -2.79. The number of nitrogens with one attached hydrogen (secondary N) is 1. The standard InChI is InChI=1S/C19H18N2O3/c22-17-15-3-1-2-4-16(15)24-19(18(17)23)13-5-7-14(8-6-13)21-11-9-20-10-12-21/h1-8,20,23H,9-12H2. The number of benzene rings is 2. The third-order valence-corrected chi connectivity index (χ3v) is 4.39. The molecule has 0 aliphatic carbocycles. The highest BCUT2D eigenvalue weighted by Crippen LogP contribution is 2.31. The summed E-state index contributed by atoms with van der Waals surface area (Å²) in [6.45, 7) is 3.88. The quantitative estimate of drug-likeness (QED) is 0.759. The normalized spacial score (nSPS) is 14.9. The van der Waals surface area contributed by atoms with Crippen molar-refractivity contribution in [1.82, 2.24) is 5.32 Å². The molecule has 0 atom stereocenters. The van der Waals surface area contributed by atoms with E-state index < -0.39 is 5.43 Å². The van der Waals surface area contributed by atoms with E-state index in [-0.39, 0.29) is 11.5 Å². The van der Waals surface area contributed by atoms with E-state index in [0.29, 0.717) is 16.5 Å². The van der Waals surface area contributed by atoms with Crippen LogP contribution in [-0.2, 0) is 0 Å². The fraction of sp³-hybridized carbons (Fsp3) is 0.211. The number of aromatic hydroxyl groups is 1. The Kier molecular flexibility index (Phi) is 3.70. The molecular formula is C19H18N2O3. The first-order chi connectivity index (χ1) is 11.7. The number of anilines is 1. The summed E-state index contributed by atoms with van der Waals surface area (Å²) in [6, 6.07) is 14.7. The largest absolute Gasteiger partial charge is 0.502 e. The third kappa shape index (κ3) is 2.53. The lowest BCUT2D eigenvalue weighted by molar-refractivity contribution is 0.449. The molecule has 0 amide bonds. The lowest BCUT2D eigenvalue weighted by Crippen LogP contribution is -2.43. The number of nitrogens with zero attached hydrogens (tertiary/aromatic N) is 1. The first-order valence-corrected chi connectivity index (χ1v) is 8.05. The molecule has 1 aliphatic heterocycles. The van der Waals surface area contributed by atoms with Crippen LogP contribution in [0.3, 0.4) is 0 Å². The molecule has 0 saturated carbocycles. The predicted octanol–water partition coefficient (Wildman–Crippen LogP) is 2.58. The zero-order valence-corrected chi connectivity index (χ0v) is 13.2. The molecule has 2 N–H and O–H groups in total. The van der Waals surface area contributed by atoms with E-state index in [1.807, 2.05) is 24.3 Å². The molecule has 1 saturated heterocycles. The first kappa shape index (κ1) is 14.8. The van der Waals surface area contributed by atoms with Crippen LogP contribution in [0.25, 0.3) is 22.3 Å². The zero-order chi connectivity index (χ0) is 16.5. The van der Waals surface area contributed by atoms with Crippen LogP contribution >= 0.6 is 0 Å². The molecular weight excluding hydrogens is 304 g/mol. The Morgan fingerprint density at radius 2 is 1.71 bits per heavy atom. The lowest BCUT2D eigenvalue weighted by Gasteiger charge is -2.29. The number of hydrogen-bond acceptors (Lipinski definition) is 5. The summed E-state index contributed by atoms with van der Waals surface area (Å²) in [5.41, 5.74) is 1.89. The summed E-state index contributed by atoms with van der Waals surface area (Å²) in [5.74, 6) is -0.130. The van der Waals surface area contributed by atoms with Crippen molar-refractivity contribution in [2.24, 2.45) is 0 Å². The molecule has 4 rings (SSSR count). The van der Waals surface area contributed by atoms with Crippen LogP contribution in [0.4, 0.5) is 5.69 Å². The zero-order valence-electron chi connectivity index (χ0n) is 13.2. The summed E-state index contributed by atoms with van der Waals surface area (Å²) in [7, 11) is 0. The molecule has 3 aromatic rings. The van der Waals surface area contributed by atoms with Gasteiger partial charge in [0.25, 0.3) is 0 Å². The number of para-hydroxylation sites is 1. The molecule has 122 valence electrons. The number of fused-ring (bicyclic) bond motifs is 1. The Morgan fingerprint density at radius 3 is 2.46 bits per heavy atom. The average molecular weight is 322 g/mol. The maximum absolute atomic E-state index is 12.3. The molecule has 0 radical (unpaired) electrons. The van der Waals surface area contributed by atoms with Crippen molar-refractivity contribution in [1.29, 1.82) is 0 Å². The van der Waals surface area contributed by atoms with Gasteiger partial charge in [0, 0.05) is 37.4 Å². The highest BCUT2D eigenvalue weighted by atomic mass is 16.4. The Morgan fingerprint density at radius 1 is 1.00 bits per heavy atom. The van der Waals surface area contributed by atoms with Gasteiger partial charge in [0.2, 0.25) is 11.2 Å². The Labute approximate surface area is 139 Å². The summed E-state index contributed by atoms with van der Waals surface area (Å²) in [6.07, 6.45) is 0. The molecule has 0 spiro atoms. The molecule has 2 heterocycles. The van der Waals surface area contributed by atoms with Crippen molar-refractivity contribution in [3.05, 3.63) is 58.8 Å². The molecule has 24 heavy (non-hydrogen) atoms. The average Bonchev–Trinajstić information content (AvgIpc) is 2.66. The summed E-state index contributed by atoms with van der Waals surface area (Å²) in [5, 5.41) is 14.0. The minimum absolute atomic E-state index is 0.213. The highest BCUT2D eigenvalue weighted by Gasteiger charge is 2.16. The molecule has 1 aromatic heterocycles. The van der Waals surface area contributed by atoms with E-state index in [4.69, 9.17) is 4.42 Å². The predicted molar refractivity (Wildman–Crippen MR) is 94.7 cm³/mol. The minimum Gasteiger partial charge on any atom is -0.502 e. The van der Waals surface area contributed by atoms with Gasteiger partial charge in [-0.2, -0.15) is 0 Å². The van der Waals surface area contributed by atoms with E-state index >= 15 is 0 Å². The lowest BCUT2D eigenvalue weighted by atomic mass is 10.1. The van der Waals surface area contributed by atoms with Crippen molar-refractivity contribution in [3.63, 3.8) is 0 Å². The first-order valence-electron chi connectivity index (χ1n) is 8.05. The van der Waals surface area contributed by atoms with Gasteiger partial charge in [-0.15, -0.1) is 0 Å². The van der Waals surface area contributed by atoms with Crippen LogP contribution in [0.1, 0.15) is 0 Å². The van der Waals surface area contributed by atoms with Crippen molar-refractivity contribution >= 4 is 16.7 Å². The van der Waals surface area contributed by atoms with E-state index in [9.17, 15) is 9.90 Å². The van der Waals surface area contributed by atoms with E-state index in [0.717, 1.165) is 31.9 Å². The molecule has 2 aromatic carbocycles. The maximum atomic E-state index is 12.3. The Bertz CT molecular complexity index is 925. The van der Waals surface area contributed by atoms with Gasteiger partial charge >= 0.3 is 0 Å². The Balaban J connectivity index is 1.74. The molecule has 1 fully saturated rings. The summed E-state index contributed by atoms with van der Waals surface area (Å²) < 4.78 is 5.77. The van der Waals surface area contributed by atoms with E-state index in [1.54, 1.807) is 24.3 Å². The van der Waals surface area contributed by atoms with Crippen molar-refractivity contribution < 1.29 is 9.52 Å². The number of rotatable bonds is 2. The number of piperazine rings is 1. The van der Waals surface area contributed by atoms with Crippen LogP contribution in [-0.4, -0.2) is 31.3 Å². The van der Waals surface area contributed by atoms with Crippen LogP contribution < -0.4 is 15.6 Å². The third-order valence-electron chi connectivity index (χ3n) is 4.39. The second-order valence-electron chi connectivity index (χ2n) is 5.89. The smallest absolute Gasteiger partial charge is 0.235 e. The topological polar surface area (TPSA) is 65.7 Å². The van der Waals surface area contributed by atoms with Crippen LogP contribution in [0.2, 0.25) is 0 Å². The molecule has 0 bridgehead atoms. The summed E-state index contributed by atoms with van der Waals surface area (Å²) in [4.78, 5) is 14.6. The van der Waals surface area contributed by atoms with Gasteiger partial charge in [-0.1, -0.05) is 12.1 Å². The highest BCUT2D eigenvalue weighted by molar-refractivity contribution is 5.81. The van der Waals surface area contributed by atoms with Gasteiger partial charge in [-0.25, -0.2) is 0 Å². The SMILES string of the molecule is O=c1c(O)c(-c2ccc(N3CCNCC3)cc2)oc2ccccc12. The fourth-order valence-electron chi connectivity index (χ4n) is 3.07. The van der Waals surface area contributed by atoms with Gasteiger partial charge in [0.05, 0.1) is 5.39 Å². The van der Waals surface area contributed by atoms with Gasteiger partial charge in [0.15, 0.2) is 5.76 Å². The monoisotopic (exact) mass is 322 g/mol. The maximum Gasteiger partial charge on any atom is 0.235 e. The second-order valence-corrected chi connectivity index (χ2v) is 5.89. The van der Waals surface area contributed by atoms with Gasteiger partial charge < -0.3 is 19.7 Å². The van der Waals surface area contributed by atoms with Crippen molar-refractivity contribution in [2.75, 3.05) is 31.1 Å². The number of hydrogen-bond donors (Lipinski definition) is 2. The van der Waals surface area contributed by atoms with E-state index in [1.165, 1.54) is 0 Å². The van der Waals surface area contributed by atoms with Crippen molar-refractivity contribution in [3.8, 4) is 17.1 Å². The molecule has 0 unspecified atom stereocenters. The fourth-order valence-corrected chi connectivity index (χ4v) is 3.07. The van der Waals surface area contributed by atoms with Crippen molar-refractivity contribution in [2.45, 2.75) is 0 Å². The molecule has 5 heteroatoms. The van der Waals surface area contributed by atoms with E-state index in [2.05, 4.69) is 10.2 Å². The molecule has 1 aliphatic rings. The minimum atomic E-state index is -0.405. The second kappa shape index (κ2) is 6.02. The summed E-state index contributed by atoms with van der Waals surface area (Å²) >= 11 is 0. The van der Waals surface area contributed by atoms with Gasteiger partial charge in [-0.05, 0) is 36.4 Å². The van der Waals surface area contributed by atoms with Gasteiger partial charge in [0.1, 0.15) is 5.58 Å². The molecule has 5 nitrogen and oxygen atoms in total. The van der Waals surface area contributed by atoms with Crippen LogP contribution in [0.15, 0.2) is 57.7 Å².